The van der Waals surface area contributed by atoms with Gasteiger partial charge in [0.25, 0.3) is 5.56 Å². The van der Waals surface area contributed by atoms with Crippen LogP contribution in [0, 0.1) is 0 Å². The van der Waals surface area contributed by atoms with E-state index in [2.05, 4.69) is 27.1 Å². The van der Waals surface area contributed by atoms with Crippen molar-refractivity contribution in [3.8, 4) is 0 Å². The van der Waals surface area contributed by atoms with Gasteiger partial charge < -0.3 is 5.32 Å². The summed E-state index contributed by atoms with van der Waals surface area (Å²) in [4.78, 5) is 21.7. The Balaban J connectivity index is 1.76. The Morgan fingerprint density at radius 1 is 1.45 bits per heavy atom. The number of rotatable bonds is 4. The highest BCUT2D eigenvalue weighted by molar-refractivity contribution is 5.78. The lowest BCUT2D eigenvalue weighted by Gasteiger charge is -2.22. The second-order valence-corrected chi connectivity index (χ2v) is 5.24. The fourth-order valence-electron chi connectivity index (χ4n) is 2.93. The quantitative estimate of drug-likeness (QED) is 0.891. The van der Waals surface area contributed by atoms with E-state index >= 15 is 0 Å². The van der Waals surface area contributed by atoms with E-state index < -0.39 is 0 Å². The Labute approximate surface area is 118 Å². The zero-order valence-corrected chi connectivity index (χ0v) is 11.7. The first-order chi connectivity index (χ1) is 9.78. The van der Waals surface area contributed by atoms with Gasteiger partial charge in [-0.3, -0.25) is 14.7 Å². The van der Waals surface area contributed by atoms with Gasteiger partial charge in [-0.2, -0.15) is 0 Å². The van der Waals surface area contributed by atoms with E-state index in [1.807, 2.05) is 18.2 Å². The Hall–Kier alpha value is -1.88. The molecule has 0 bridgehead atoms. The number of aromatic amines is 1. The molecular weight excluding hydrogens is 252 g/mol. The van der Waals surface area contributed by atoms with Gasteiger partial charge >= 0.3 is 0 Å². The lowest BCUT2D eigenvalue weighted by Crippen LogP contribution is -2.35. The van der Waals surface area contributed by atoms with Gasteiger partial charge in [-0.05, 0) is 38.1 Å². The van der Waals surface area contributed by atoms with Crippen LogP contribution in [0.25, 0.3) is 10.9 Å². The van der Waals surface area contributed by atoms with Gasteiger partial charge in [0.1, 0.15) is 0 Å². The maximum absolute atomic E-state index is 12.0. The van der Waals surface area contributed by atoms with E-state index in [-0.39, 0.29) is 5.56 Å². The number of likely N-dealkylation sites (tertiary alicyclic amines) is 1. The lowest BCUT2D eigenvalue weighted by molar-refractivity contribution is 0.277. The number of aromatic nitrogens is 2. The summed E-state index contributed by atoms with van der Waals surface area (Å²) < 4.78 is 0. The van der Waals surface area contributed by atoms with Crippen molar-refractivity contribution in [2.75, 3.05) is 25.0 Å². The Kier molecular flexibility index (Phi) is 3.69. The molecule has 2 aromatic rings. The SMILES string of the molecule is CCN1CCC[C@@H]1CNc1nc2ccccc2c(=O)[nH]1. The number of benzene rings is 1. The number of hydrogen-bond donors (Lipinski definition) is 2. The molecule has 20 heavy (non-hydrogen) atoms. The molecule has 0 amide bonds. The van der Waals surface area contributed by atoms with Gasteiger partial charge in [-0.1, -0.05) is 19.1 Å². The number of anilines is 1. The zero-order chi connectivity index (χ0) is 13.9. The first-order valence-electron chi connectivity index (χ1n) is 7.25. The number of nitrogens with one attached hydrogen (secondary N) is 2. The summed E-state index contributed by atoms with van der Waals surface area (Å²) in [6, 6.07) is 7.94. The van der Waals surface area contributed by atoms with Crippen LogP contribution in [0.2, 0.25) is 0 Å². The molecular formula is C15H20N4O. The average molecular weight is 272 g/mol. The Bertz CT molecular complexity index is 652. The van der Waals surface area contributed by atoms with Crippen molar-refractivity contribution in [1.82, 2.24) is 14.9 Å². The monoisotopic (exact) mass is 272 g/mol. The van der Waals surface area contributed by atoms with Crippen LogP contribution >= 0.6 is 0 Å². The largest absolute Gasteiger partial charge is 0.354 e. The predicted molar refractivity (Wildman–Crippen MR) is 81.1 cm³/mol. The Morgan fingerprint density at radius 3 is 3.15 bits per heavy atom. The molecule has 0 unspecified atom stereocenters. The third-order valence-corrected chi connectivity index (χ3v) is 4.02. The number of likely N-dealkylation sites (N-methyl/N-ethyl adjacent to an activating group) is 1. The standard InChI is InChI=1S/C15H20N4O/c1-2-19-9-5-6-11(19)10-16-15-17-13-8-4-3-7-12(13)14(20)18-15/h3-4,7-8,11H,2,5-6,9-10H2,1H3,(H2,16,17,18,20)/t11-/m1/s1. The van der Waals surface area contributed by atoms with Gasteiger partial charge in [0.2, 0.25) is 5.95 Å². The van der Waals surface area contributed by atoms with Crippen molar-refractivity contribution < 1.29 is 0 Å². The van der Waals surface area contributed by atoms with Crippen LogP contribution < -0.4 is 10.9 Å². The minimum Gasteiger partial charge on any atom is -0.354 e. The van der Waals surface area contributed by atoms with Crippen LogP contribution in [0.5, 0.6) is 0 Å². The molecule has 1 aliphatic rings. The van der Waals surface area contributed by atoms with E-state index in [1.54, 1.807) is 6.07 Å². The third-order valence-electron chi connectivity index (χ3n) is 4.02. The van der Waals surface area contributed by atoms with Crippen molar-refractivity contribution in [3.63, 3.8) is 0 Å². The van der Waals surface area contributed by atoms with Crippen LogP contribution in [-0.4, -0.2) is 40.5 Å². The van der Waals surface area contributed by atoms with Gasteiger partial charge in [-0.25, -0.2) is 4.98 Å². The van der Waals surface area contributed by atoms with E-state index in [9.17, 15) is 4.79 Å². The molecule has 106 valence electrons. The molecule has 2 heterocycles. The molecule has 1 aromatic carbocycles. The molecule has 1 aromatic heterocycles. The minimum atomic E-state index is -0.0862. The number of hydrogen-bond acceptors (Lipinski definition) is 4. The summed E-state index contributed by atoms with van der Waals surface area (Å²) >= 11 is 0. The molecule has 1 saturated heterocycles. The molecule has 0 saturated carbocycles. The highest BCUT2D eigenvalue weighted by atomic mass is 16.1. The molecule has 1 aliphatic heterocycles. The summed E-state index contributed by atoms with van der Waals surface area (Å²) in [5.41, 5.74) is 0.648. The van der Waals surface area contributed by atoms with Crippen LogP contribution in [0.1, 0.15) is 19.8 Å². The summed E-state index contributed by atoms with van der Waals surface area (Å²) in [6.45, 7) is 5.27. The van der Waals surface area contributed by atoms with Crippen LogP contribution in [-0.2, 0) is 0 Å². The fraction of sp³-hybridized carbons (Fsp3) is 0.467. The summed E-state index contributed by atoms with van der Waals surface area (Å²) in [7, 11) is 0. The first kappa shape index (κ1) is 13.1. The summed E-state index contributed by atoms with van der Waals surface area (Å²) in [6.07, 6.45) is 2.46. The van der Waals surface area contributed by atoms with Crippen LogP contribution in [0.3, 0.4) is 0 Å². The maximum Gasteiger partial charge on any atom is 0.260 e. The maximum atomic E-state index is 12.0. The molecule has 3 rings (SSSR count). The van der Waals surface area contributed by atoms with Crippen molar-refractivity contribution in [1.29, 1.82) is 0 Å². The second-order valence-electron chi connectivity index (χ2n) is 5.24. The topological polar surface area (TPSA) is 61.0 Å². The normalized spacial score (nSPS) is 19.6. The highest BCUT2D eigenvalue weighted by Crippen LogP contribution is 2.17. The molecule has 5 nitrogen and oxygen atoms in total. The predicted octanol–water partition coefficient (Wildman–Crippen LogP) is 1.82. The average Bonchev–Trinajstić information content (AvgIpc) is 2.93. The smallest absolute Gasteiger partial charge is 0.260 e. The molecule has 5 heteroatoms. The van der Waals surface area contributed by atoms with Crippen LogP contribution in [0.4, 0.5) is 5.95 Å². The molecule has 2 N–H and O–H groups in total. The molecule has 0 radical (unpaired) electrons. The third kappa shape index (κ3) is 2.54. The van der Waals surface area contributed by atoms with E-state index in [0.29, 0.717) is 17.4 Å². The number of H-pyrrole nitrogens is 1. The van der Waals surface area contributed by atoms with E-state index in [0.717, 1.165) is 18.6 Å². The van der Waals surface area contributed by atoms with Gasteiger partial charge in [0.05, 0.1) is 10.9 Å². The molecule has 1 atom stereocenters. The number of para-hydroxylation sites is 1. The first-order valence-corrected chi connectivity index (χ1v) is 7.25. The molecule has 0 aliphatic carbocycles. The minimum absolute atomic E-state index is 0.0862. The summed E-state index contributed by atoms with van der Waals surface area (Å²) in [5.74, 6) is 0.566. The lowest BCUT2D eigenvalue weighted by atomic mass is 10.2. The van der Waals surface area contributed by atoms with E-state index in [1.165, 1.54) is 19.4 Å². The van der Waals surface area contributed by atoms with Crippen molar-refractivity contribution in [2.45, 2.75) is 25.8 Å². The van der Waals surface area contributed by atoms with Crippen molar-refractivity contribution in [2.24, 2.45) is 0 Å². The highest BCUT2D eigenvalue weighted by Gasteiger charge is 2.22. The summed E-state index contributed by atoms with van der Waals surface area (Å²) in [5, 5.41) is 3.91. The van der Waals surface area contributed by atoms with E-state index in [4.69, 9.17) is 0 Å². The van der Waals surface area contributed by atoms with Gasteiger partial charge in [0, 0.05) is 12.6 Å². The van der Waals surface area contributed by atoms with Crippen molar-refractivity contribution >= 4 is 16.9 Å². The second kappa shape index (κ2) is 5.63. The van der Waals surface area contributed by atoms with Gasteiger partial charge in [-0.15, -0.1) is 0 Å². The van der Waals surface area contributed by atoms with Gasteiger partial charge in [0.15, 0.2) is 0 Å². The number of nitrogens with zero attached hydrogens (tertiary/aromatic N) is 2. The Morgan fingerprint density at radius 2 is 2.30 bits per heavy atom. The molecule has 1 fully saturated rings. The van der Waals surface area contributed by atoms with Crippen LogP contribution in [0.15, 0.2) is 29.1 Å². The number of fused-ring (bicyclic) bond motifs is 1. The fourth-order valence-corrected chi connectivity index (χ4v) is 2.93. The van der Waals surface area contributed by atoms with Crippen molar-refractivity contribution in [3.05, 3.63) is 34.6 Å². The molecule has 0 spiro atoms. The zero-order valence-electron chi connectivity index (χ0n) is 11.7.